The number of carbonyl (C=O) groups is 1. The number of amides is 1. The van der Waals surface area contributed by atoms with Gasteiger partial charge in [0.2, 0.25) is 5.91 Å². The predicted octanol–water partition coefficient (Wildman–Crippen LogP) is 4.59. The topological polar surface area (TPSA) is 62.2 Å². The van der Waals surface area contributed by atoms with Gasteiger partial charge in [-0.25, -0.2) is 0 Å². The predicted molar refractivity (Wildman–Crippen MR) is 107 cm³/mol. The molecule has 0 spiro atoms. The lowest BCUT2D eigenvalue weighted by atomic mass is 9.88. The van der Waals surface area contributed by atoms with Gasteiger partial charge in [-0.2, -0.15) is 0 Å². The van der Waals surface area contributed by atoms with Crippen LogP contribution in [0.2, 0.25) is 5.02 Å². The maximum Gasteiger partial charge on any atom is 0.221 e. The zero-order valence-corrected chi connectivity index (χ0v) is 15.8. The average molecular weight is 381 g/mol. The summed E-state index contributed by atoms with van der Waals surface area (Å²) in [7, 11) is 0. The van der Waals surface area contributed by atoms with Gasteiger partial charge in [0.1, 0.15) is 5.75 Å². The summed E-state index contributed by atoms with van der Waals surface area (Å²) in [6, 6.07) is 16.3. The van der Waals surface area contributed by atoms with Gasteiger partial charge in [0, 0.05) is 36.3 Å². The normalized spacial score (nSPS) is 11.8. The molecule has 1 heterocycles. The zero-order chi connectivity index (χ0) is 19.2. The molecule has 0 fully saturated rings. The molecule has 2 aromatic carbocycles. The van der Waals surface area contributed by atoms with E-state index in [0.717, 1.165) is 22.3 Å². The highest BCUT2D eigenvalue weighted by Gasteiger charge is 2.21. The molecule has 0 radical (unpaired) electrons. The molecule has 0 unspecified atom stereocenters. The van der Waals surface area contributed by atoms with Crippen molar-refractivity contribution in [1.82, 2.24) is 10.3 Å². The Morgan fingerprint density at radius 2 is 2.00 bits per heavy atom. The van der Waals surface area contributed by atoms with Crippen molar-refractivity contribution in [2.75, 3.05) is 0 Å². The second-order valence-corrected chi connectivity index (χ2v) is 6.86. The van der Waals surface area contributed by atoms with Gasteiger partial charge in [0.05, 0.1) is 0 Å². The van der Waals surface area contributed by atoms with Crippen molar-refractivity contribution in [3.8, 4) is 5.75 Å². The number of hydrogen-bond acceptors (Lipinski definition) is 3. The van der Waals surface area contributed by atoms with Gasteiger partial charge in [-0.15, -0.1) is 0 Å². The minimum atomic E-state index is -0.246. The first-order valence-electron chi connectivity index (χ1n) is 8.74. The smallest absolute Gasteiger partial charge is 0.221 e. The van der Waals surface area contributed by atoms with Crippen LogP contribution in [-0.2, 0) is 11.3 Å². The number of benzene rings is 2. The number of nitrogens with one attached hydrogen (secondary N) is 1. The number of rotatable bonds is 6. The molecule has 1 amide bonds. The van der Waals surface area contributed by atoms with Crippen molar-refractivity contribution >= 4 is 17.5 Å². The molecular weight excluding hydrogens is 360 g/mol. The Balaban J connectivity index is 1.80. The Kier molecular flexibility index (Phi) is 6.09. The lowest BCUT2D eigenvalue weighted by Crippen LogP contribution is -2.25. The van der Waals surface area contributed by atoms with E-state index in [1.54, 1.807) is 30.6 Å². The molecule has 5 heteroatoms. The van der Waals surface area contributed by atoms with Gasteiger partial charge >= 0.3 is 0 Å². The van der Waals surface area contributed by atoms with Crippen LogP contribution in [0.15, 0.2) is 67.0 Å². The molecule has 3 rings (SSSR count). The average Bonchev–Trinajstić information content (AvgIpc) is 2.66. The van der Waals surface area contributed by atoms with Gasteiger partial charge in [-0.05, 0) is 53.4 Å². The minimum Gasteiger partial charge on any atom is -0.508 e. The highest BCUT2D eigenvalue weighted by Crippen LogP contribution is 2.34. The molecule has 27 heavy (non-hydrogen) atoms. The van der Waals surface area contributed by atoms with Crippen LogP contribution in [0.5, 0.6) is 5.75 Å². The Labute approximate surface area is 163 Å². The molecule has 0 aliphatic rings. The summed E-state index contributed by atoms with van der Waals surface area (Å²) in [5.41, 5.74) is 3.77. The summed E-state index contributed by atoms with van der Waals surface area (Å²) in [6.45, 7) is 2.41. The van der Waals surface area contributed by atoms with Gasteiger partial charge in [0.25, 0.3) is 0 Å². The quantitative estimate of drug-likeness (QED) is 0.657. The van der Waals surface area contributed by atoms with E-state index in [9.17, 15) is 9.90 Å². The number of phenols is 1. The van der Waals surface area contributed by atoms with Crippen LogP contribution < -0.4 is 5.32 Å². The van der Waals surface area contributed by atoms with Crippen LogP contribution >= 0.6 is 11.6 Å². The van der Waals surface area contributed by atoms with E-state index in [0.29, 0.717) is 11.6 Å². The standard InChI is InChI=1S/C22H21ClN2O2/c1-15-13-24-10-9-17(15)14-25-22(27)12-20(16-5-4-6-18(26)11-16)19-7-2-3-8-21(19)23/h2-11,13,20,26H,12,14H2,1H3,(H,25,27)/t20-/m0/s1. The molecule has 0 bridgehead atoms. The fraction of sp³-hybridized carbons (Fsp3) is 0.182. The van der Waals surface area contributed by atoms with E-state index in [-0.39, 0.29) is 24.0 Å². The van der Waals surface area contributed by atoms with Crippen molar-refractivity contribution in [1.29, 1.82) is 0 Å². The summed E-state index contributed by atoms with van der Waals surface area (Å²) in [5, 5.41) is 13.4. The molecule has 4 nitrogen and oxygen atoms in total. The van der Waals surface area contributed by atoms with E-state index in [1.807, 2.05) is 43.3 Å². The number of aromatic nitrogens is 1. The number of nitrogens with zero attached hydrogens (tertiary/aromatic N) is 1. The van der Waals surface area contributed by atoms with Crippen molar-refractivity contribution in [2.24, 2.45) is 0 Å². The van der Waals surface area contributed by atoms with Crippen LogP contribution in [0.1, 0.15) is 34.6 Å². The maximum atomic E-state index is 12.6. The van der Waals surface area contributed by atoms with Crippen LogP contribution in [-0.4, -0.2) is 16.0 Å². The van der Waals surface area contributed by atoms with Crippen molar-refractivity contribution < 1.29 is 9.90 Å². The van der Waals surface area contributed by atoms with Crippen molar-refractivity contribution in [3.63, 3.8) is 0 Å². The van der Waals surface area contributed by atoms with Crippen LogP contribution in [0.25, 0.3) is 0 Å². The van der Waals surface area contributed by atoms with Crippen molar-refractivity contribution in [2.45, 2.75) is 25.8 Å². The van der Waals surface area contributed by atoms with Gasteiger partial charge in [-0.1, -0.05) is 41.9 Å². The van der Waals surface area contributed by atoms with E-state index >= 15 is 0 Å². The molecule has 1 atom stereocenters. The highest BCUT2D eigenvalue weighted by molar-refractivity contribution is 6.31. The fourth-order valence-corrected chi connectivity index (χ4v) is 3.33. The Bertz CT molecular complexity index is 943. The summed E-state index contributed by atoms with van der Waals surface area (Å²) >= 11 is 6.38. The number of aryl methyl sites for hydroxylation is 1. The Morgan fingerprint density at radius 3 is 2.74 bits per heavy atom. The van der Waals surface area contributed by atoms with E-state index in [2.05, 4.69) is 10.3 Å². The van der Waals surface area contributed by atoms with Crippen LogP contribution in [0, 0.1) is 6.92 Å². The molecule has 1 aromatic heterocycles. The molecular formula is C22H21ClN2O2. The molecule has 0 aliphatic heterocycles. The minimum absolute atomic E-state index is 0.0838. The van der Waals surface area contributed by atoms with Gasteiger partial charge in [0.15, 0.2) is 0 Å². The van der Waals surface area contributed by atoms with Gasteiger partial charge in [-0.3, -0.25) is 9.78 Å². The third-order valence-electron chi connectivity index (χ3n) is 4.56. The Morgan fingerprint density at radius 1 is 1.19 bits per heavy atom. The van der Waals surface area contributed by atoms with Crippen molar-refractivity contribution in [3.05, 3.63) is 94.3 Å². The summed E-state index contributed by atoms with van der Waals surface area (Å²) in [6.07, 6.45) is 3.73. The SMILES string of the molecule is Cc1cnccc1CNC(=O)C[C@@H](c1cccc(O)c1)c1ccccc1Cl. The maximum absolute atomic E-state index is 12.6. The molecule has 138 valence electrons. The highest BCUT2D eigenvalue weighted by atomic mass is 35.5. The summed E-state index contributed by atoms with van der Waals surface area (Å²) in [4.78, 5) is 16.7. The van der Waals surface area contributed by atoms with Gasteiger partial charge < -0.3 is 10.4 Å². The monoisotopic (exact) mass is 380 g/mol. The van der Waals surface area contributed by atoms with E-state index in [1.165, 1.54) is 0 Å². The number of pyridine rings is 1. The first-order valence-corrected chi connectivity index (χ1v) is 9.12. The number of phenolic OH excluding ortho intramolecular Hbond substituents is 1. The second-order valence-electron chi connectivity index (χ2n) is 6.45. The largest absolute Gasteiger partial charge is 0.508 e. The summed E-state index contributed by atoms with van der Waals surface area (Å²) < 4.78 is 0. The zero-order valence-electron chi connectivity index (χ0n) is 15.0. The number of carbonyl (C=O) groups excluding carboxylic acids is 1. The first-order chi connectivity index (χ1) is 13.0. The third-order valence-corrected chi connectivity index (χ3v) is 4.90. The molecule has 0 saturated heterocycles. The fourth-order valence-electron chi connectivity index (χ4n) is 3.06. The molecule has 0 saturated carbocycles. The van der Waals surface area contributed by atoms with Crippen LogP contribution in [0.4, 0.5) is 0 Å². The molecule has 3 aromatic rings. The number of aromatic hydroxyl groups is 1. The van der Waals surface area contributed by atoms with E-state index in [4.69, 9.17) is 11.6 Å². The number of halogens is 1. The number of hydrogen-bond donors (Lipinski definition) is 2. The first kappa shape index (κ1) is 18.9. The summed E-state index contributed by atoms with van der Waals surface area (Å²) in [5.74, 6) is -0.166. The second kappa shape index (κ2) is 8.69. The lowest BCUT2D eigenvalue weighted by Gasteiger charge is -2.19. The van der Waals surface area contributed by atoms with Crippen LogP contribution in [0.3, 0.4) is 0 Å². The lowest BCUT2D eigenvalue weighted by molar-refractivity contribution is -0.121. The Hall–Kier alpha value is -2.85. The molecule has 0 aliphatic carbocycles. The third kappa shape index (κ3) is 4.86. The molecule has 2 N–H and O–H groups in total. The van der Waals surface area contributed by atoms with E-state index < -0.39 is 0 Å².